The molecule has 1 heterocycles. The maximum absolute atomic E-state index is 12.1. The number of hydrogen-bond acceptors (Lipinski definition) is 4. The molecule has 0 spiro atoms. The topological polar surface area (TPSA) is 66.8 Å². The molecule has 1 unspecified atom stereocenters. The number of ether oxygens (including phenoxy) is 1. The van der Waals surface area contributed by atoms with Gasteiger partial charge in [0.05, 0.1) is 24.8 Å². The van der Waals surface area contributed by atoms with Crippen LogP contribution in [0.5, 0.6) is 5.75 Å². The summed E-state index contributed by atoms with van der Waals surface area (Å²) in [5.74, 6) is 0.591. The van der Waals surface area contributed by atoms with Gasteiger partial charge >= 0.3 is 0 Å². The molecule has 0 aromatic heterocycles. The Morgan fingerprint density at radius 2 is 2.25 bits per heavy atom. The largest absolute Gasteiger partial charge is 0.491 e. The summed E-state index contributed by atoms with van der Waals surface area (Å²) in [7, 11) is 0. The van der Waals surface area contributed by atoms with Gasteiger partial charge in [0.15, 0.2) is 0 Å². The lowest BCUT2D eigenvalue weighted by Crippen LogP contribution is -2.32. The van der Waals surface area contributed by atoms with Gasteiger partial charge in [-0.2, -0.15) is 0 Å². The molecule has 0 radical (unpaired) electrons. The summed E-state index contributed by atoms with van der Waals surface area (Å²) in [6, 6.07) is 5.29. The summed E-state index contributed by atoms with van der Waals surface area (Å²) in [4.78, 5) is 24.9. The second kappa shape index (κ2) is 6.05. The van der Waals surface area contributed by atoms with Gasteiger partial charge in [-0.1, -0.05) is 6.07 Å². The molecule has 20 heavy (non-hydrogen) atoms. The van der Waals surface area contributed by atoms with Crippen molar-refractivity contribution < 1.29 is 19.4 Å². The molecule has 1 aliphatic rings. The number of anilines is 1. The van der Waals surface area contributed by atoms with E-state index in [1.165, 1.54) is 6.92 Å². The van der Waals surface area contributed by atoms with Crippen molar-refractivity contribution >= 4 is 17.4 Å². The van der Waals surface area contributed by atoms with Gasteiger partial charge < -0.3 is 14.7 Å². The van der Waals surface area contributed by atoms with Crippen LogP contribution in [0, 0.1) is 0 Å². The molecule has 2 rings (SSSR count). The smallest absolute Gasteiger partial charge is 0.230 e. The number of Topliss-reactive ketones (excluding diaryl/α,β-unsaturated/α-hetero) is 1. The molecule has 0 aliphatic carbocycles. The van der Waals surface area contributed by atoms with Gasteiger partial charge in [-0.3, -0.25) is 9.59 Å². The lowest BCUT2D eigenvalue weighted by atomic mass is 10.1. The quantitative estimate of drug-likeness (QED) is 0.911. The van der Waals surface area contributed by atoms with Crippen LogP contribution in [0.1, 0.15) is 38.4 Å². The second-order valence-electron chi connectivity index (χ2n) is 5.00. The first kappa shape index (κ1) is 14.5. The van der Waals surface area contributed by atoms with Gasteiger partial charge in [-0.15, -0.1) is 0 Å². The van der Waals surface area contributed by atoms with Crippen LogP contribution in [0.25, 0.3) is 0 Å². The zero-order chi connectivity index (χ0) is 14.7. The number of carbonyl (C=O) groups excluding carboxylic acids is 2. The monoisotopic (exact) mass is 277 g/mol. The predicted molar refractivity (Wildman–Crippen MR) is 74.8 cm³/mol. The molecule has 1 aliphatic heterocycles. The van der Waals surface area contributed by atoms with Crippen molar-refractivity contribution in [3.05, 3.63) is 23.8 Å². The molecule has 0 saturated carbocycles. The normalized spacial score (nSPS) is 16.1. The summed E-state index contributed by atoms with van der Waals surface area (Å²) in [6.07, 6.45) is -0.0194. The zero-order valence-electron chi connectivity index (χ0n) is 11.8. The minimum Gasteiger partial charge on any atom is -0.491 e. The predicted octanol–water partition coefficient (Wildman–Crippen LogP) is 1.83. The highest BCUT2D eigenvalue weighted by atomic mass is 16.5. The Labute approximate surface area is 118 Å². The maximum atomic E-state index is 12.1. The first-order valence-electron chi connectivity index (χ1n) is 6.73. The van der Waals surface area contributed by atoms with Crippen LogP contribution in [0.2, 0.25) is 0 Å². The zero-order valence-corrected chi connectivity index (χ0v) is 11.8. The molecule has 0 saturated heterocycles. The van der Waals surface area contributed by atoms with E-state index in [0.717, 1.165) is 5.56 Å². The summed E-state index contributed by atoms with van der Waals surface area (Å²) >= 11 is 0. The van der Waals surface area contributed by atoms with Gasteiger partial charge in [0.2, 0.25) is 5.91 Å². The Bertz CT molecular complexity index is 525. The fourth-order valence-electron chi connectivity index (χ4n) is 2.16. The van der Waals surface area contributed by atoms with E-state index >= 15 is 0 Å². The van der Waals surface area contributed by atoms with Crippen LogP contribution in [-0.4, -0.2) is 29.9 Å². The lowest BCUT2D eigenvalue weighted by Gasteiger charge is -2.22. The number of aliphatic hydroxyl groups excluding tert-OH is 1. The van der Waals surface area contributed by atoms with E-state index in [1.54, 1.807) is 30.0 Å². The Kier molecular flexibility index (Phi) is 4.39. The fourth-order valence-corrected chi connectivity index (χ4v) is 2.16. The van der Waals surface area contributed by atoms with Crippen molar-refractivity contribution in [1.82, 2.24) is 0 Å². The molecule has 1 amide bonds. The first-order chi connectivity index (χ1) is 9.49. The van der Waals surface area contributed by atoms with E-state index in [4.69, 9.17) is 4.74 Å². The van der Waals surface area contributed by atoms with Crippen LogP contribution in [0.15, 0.2) is 18.2 Å². The van der Waals surface area contributed by atoms with Crippen molar-refractivity contribution in [3.63, 3.8) is 0 Å². The van der Waals surface area contributed by atoms with E-state index in [-0.39, 0.29) is 18.1 Å². The second-order valence-corrected chi connectivity index (χ2v) is 5.00. The van der Waals surface area contributed by atoms with Crippen LogP contribution < -0.4 is 9.64 Å². The van der Waals surface area contributed by atoms with E-state index in [0.29, 0.717) is 31.0 Å². The van der Waals surface area contributed by atoms with Crippen LogP contribution in [-0.2, 0) is 9.59 Å². The number of ketones is 1. The molecule has 1 atom stereocenters. The van der Waals surface area contributed by atoms with Crippen molar-refractivity contribution in [2.45, 2.75) is 32.8 Å². The number of nitrogens with zero attached hydrogens (tertiary/aromatic N) is 1. The lowest BCUT2D eigenvalue weighted by molar-refractivity contribution is -0.119. The van der Waals surface area contributed by atoms with E-state index < -0.39 is 6.10 Å². The standard InChI is InChI=1S/C15H19NO4/c1-10(17)5-7-16-13-9-12(11(2)18)3-4-14(13)20-8-6-15(16)19/h3-4,9,11,18H,5-8H2,1-2H3. The highest BCUT2D eigenvalue weighted by Crippen LogP contribution is 2.34. The molecular formula is C15H19NO4. The summed E-state index contributed by atoms with van der Waals surface area (Å²) < 4.78 is 5.56. The number of carbonyl (C=O) groups is 2. The van der Waals surface area contributed by atoms with Gasteiger partial charge in [-0.25, -0.2) is 0 Å². The maximum Gasteiger partial charge on any atom is 0.230 e. The molecule has 1 N–H and O–H groups in total. The van der Waals surface area contributed by atoms with E-state index in [9.17, 15) is 14.7 Å². The summed E-state index contributed by atoms with van der Waals surface area (Å²) in [5, 5.41) is 9.67. The van der Waals surface area contributed by atoms with Crippen molar-refractivity contribution in [2.24, 2.45) is 0 Å². The van der Waals surface area contributed by atoms with Crippen molar-refractivity contribution in [3.8, 4) is 5.75 Å². The average Bonchev–Trinajstić information content (AvgIpc) is 2.54. The SMILES string of the molecule is CC(=O)CCN1C(=O)CCOc2ccc(C(C)O)cc21. The number of aliphatic hydroxyl groups is 1. The van der Waals surface area contributed by atoms with Gasteiger partial charge in [0.1, 0.15) is 11.5 Å². The molecular weight excluding hydrogens is 258 g/mol. The summed E-state index contributed by atoms with van der Waals surface area (Å²) in [6.45, 7) is 3.84. The number of fused-ring (bicyclic) bond motifs is 1. The first-order valence-corrected chi connectivity index (χ1v) is 6.73. The molecule has 0 bridgehead atoms. The molecule has 0 fully saturated rings. The Morgan fingerprint density at radius 1 is 1.50 bits per heavy atom. The molecule has 108 valence electrons. The van der Waals surface area contributed by atoms with Gasteiger partial charge in [-0.05, 0) is 31.5 Å². The third-order valence-corrected chi connectivity index (χ3v) is 3.32. The van der Waals surface area contributed by atoms with Crippen LogP contribution >= 0.6 is 0 Å². The van der Waals surface area contributed by atoms with Crippen molar-refractivity contribution in [1.29, 1.82) is 0 Å². The molecule has 5 nitrogen and oxygen atoms in total. The Balaban J connectivity index is 2.37. The third-order valence-electron chi connectivity index (χ3n) is 3.32. The molecule has 1 aromatic carbocycles. The fraction of sp³-hybridized carbons (Fsp3) is 0.467. The van der Waals surface area contributed by atoms with Crippen LogP contribution in [0.3, 0.4) is 0 Å². The summed E-state index contributed by atoms with van der Waals surface area (Å²) in [5.41, 5.74) is 1.35. The minimum atomic E-state index is -0.617. The molecule has 1 aromatic rings. The van der Waals surface area contributed by atoms with E-state index in [1.807, 2.05) is 0 Å². The van der Waals surface area contributed by atoms with Crippen molar-refractivity contribution in [2.75, 3.05) is 18.1 Å². The Morgan fingerprint density at radius 3 is 2.90 bits per heavy atom. The van der Waals surface area contributed by atoms with Crippen LogP contribution in [0.4, 0.5) is 5.69 Å². The number of benzene rings is 1. The minimum absolute atomic E-state index is 0.0381. The highest BCUT2D eigenvalue weighted by Gasteiger charge is 2.24. The number of amides is 1. The van der Waals surface area contributed by atoms with Gasteiger partial charge in [0.25, 0.3) is 0 Å². The molecule has 5 heteroatoms. The third kappa shape index (κ3) is 3.17. The number of rotatable bonds is 4. The highest BCUT2D eigenvalue weighted by molar-refractivity contribution is 5.96. The van der Waals surface area contributed by atoms with E-state index in [2.05, 4.69) is 0 Å². The number of hydrogen-bond donors (Lipinski definition) is 1. The van der Waals surface area contributed by atoms with Gasteiger partial charge in [0, 0.05) is 13.0 Å². The average molecular weight is 277 g/mol. The Hall–Kier alpha value is -1.88.